The van der Waals surface area contributed by atoms with Crippen molar-refractivity contribution in [2.75, 3.05) is 13.2 Å². The molecule has 0 aliphatic heterocycles. The van der Waals surface area contributed by atoms with E-state index in [-0.39, 0.29) is 12.1 Å². The molecule has 0 heterocycles. The Hall–Kier alpha value is -0.520. The molecule has 0 aromatic rings. The van der Waals surface area contributed by atoms with E-state index in [2.05, 4.69) is 17.2 Å². The van der Waals surface area contributed by atoms with E-state index in [0.717, 1.165) is 12.8 Å². The second-order valence-electron chi connectivity index (χ2n) is 3.43. The third kappa shape index (κ3) is 2.23. The fraction of sp³-hybridized carbons (Fsp3) is 0.800. The number of hydrogen-bond acceptors (Lipinski definition) is 2. The largest absolute Gasteiger partial charge is 0.394 e. The van der Waals surface area contributed by atoms with Gasteiger partial charge in [0.05, 0.1) is 13.2 Å². The van der Waals surface area contributed by atoms with E-state index in [0.29, 0.717) is 6.54 Å². The summed E-state index contributed by atoms with van der Waals surface area (Å²) in [5.41, 5.74) is -0.0101. The summed E-state index contributed by atoms with van der Waals surface area (Å²) in [5.74, 6) is 5.80. The standard InChI is InChI=1S/C10H17NO/c1-2-3-8-11-10(9-12)6-4-5-7-10/h11-12H,4-9H2,1H3. The number of aliphatic hydroxyl groups excluding tert-OH is 1. The third-order valence-corrected chi connectivity index (χ3v) is 2.59. The first kappa shape index (κ1) is 9.57. The van der Waals surface area contributed by atoms with E-state index in [1.807, 2.05) is 6.92 Å². The molecule has 1 saturated carbocycles. The quantitative estimate of drug-likeness (QED) is 0.612. The minimum absolute atomic E-state index is 0.0101. The van der Waals surface area contributed by atoms with Crippen molar-refractivity contribution in [1.82, 2.24) is 5.32 Å². The number of aliphatic hydroxyl groups is 1. The molecule has 1 aliphatic carbocycles. The van der Waals surface area contributed by atoms with E-state index >= 15 is 0 Å². The second kappa shape index (κ2) is 4.49. The summed E-state index contributed by atoms with van der Waals surface area (Å²) in [6.07, 6.45) is 4.64. The highest BCUT2D eigenvalue weighted by molar-refractivity contribution is 5.01. The van der Waals surface area contributed by atoms with Crippen LogP contribution in [0, 0.1) is 11.8 Å². The predicted molar refractivity (Wildman–Crippen MR) is 49.7 cm³/mol. The fourth-order valence-corrected chi connectivity index (χ4v) is 1.76. The summed E-state index contributed by atoms with van der Waals surface area (Å²) in [5, 5.41) is 12.5. The number of rotatable bonds is 3. The lowest BCUT2D eigenvalue weighted by atomic mass is 9.99. The van der Waals surface area contributed by atoms with E-state index in [4.69, 9.17) is 0 Å². The molecule has 1 fully saturated rings. The van der Waals surface area contributed by atoms with Gasteiger partial charge in [0, 0.05) is 5.54 Å². The van der Waals surface area contributed by atoms with Crippen LogP contribution in [0.15, 0.2) is 0 Å². The first-order valence-corrected chi connectivity index (χ1v) is 4.58. The minimum atomic E-state index is -0.0101. The fourth-order valence-electron chi connectivity index (χ4n) is 1.76. The van der Waals surface area contributed by atoms with Crippen LogP contribution in [0.1, 0.15) is 32.6 Å². The zero-order valence-electron chi connectivity index (χ0n) is 7.69. The highest BCUT2D eigenvalue weighted by Gasteiger charge is 2.31. The molecule has 2 heteroatoms. The maximum atomic E-state index is 9.21. The Morgan fingerprint density at radius 3 is 2.58 bits per heavy atom. The summed E-state index contributed by atoms with van der Waals surface area (Å²) in [6.45, 7) is 2.79. The zero-order chi connectivity index (χ0) is 8.86. The van der Waals surface area contributed by atoms with E-state index in [1.165, 1.54) is 12.8 Å². The van der Waals surface area contributed by atoms with Gasteiger partial charge < -0.3 is 5.11 Å². The van der Waals surface area contributed by atoms with Crippen molar-refractivity contribution in [3.63, 3.8) is 0 Å². The normalized spacial score (nSPS) is 20.2. The van der Waals surface area contributed by atoms with Crippen molar-refractivity contribution in [2.45, 2.75) is 38.1 Å². The van der Waals surface area contributed by atoms with Crippen LogP contribution >= 0.6 is 0 Å². The van der Waals surface area contributed by atoms with Crippen LogP contribution in [-0.4, -0.2) is 23.8 Å². The third-order valence-electron chi connectivity index (χ3n) is 2.59. The number of hydrogen-bond donors (Lipinski definition) is 2. The van der Waals surface area contributed by atoms with Gasteiger partial charge in [-0.15, -0.1) is 5.92 Å². The Bertz CT molecular complexity index is 184. The van der Waals surface area contributed by atoms with Crippen LogP contribution in [-0.2, 0) is 0 Å². The average molecular weight is 167 g/mol. The molecule has 0 unspecified atom stereocenters. The monoisotopic (exact) mass is 167 g/mol. The van der Waals surface area contributed by atoms with E-state index < -0.39 is 0 Å². The van der Waals surface area contributed by atoms with Gasteiger partial charge in [0.1, 0.15) is 0 Å². The van der Waals surface area contributed by atoms with Crippen LogP contribution in [0.25, 0.3) is 0 Å². The topological polar surface area (TPSA) is 32.3 Å². The summed E-state index contributed by atoms with van der Waals surface area (Å²) >= 11 is 0. The van der Waals surface area contributed by atoms with Gasteiger partial charge >= 0.3 is 0 Å². The lowest BCUT2D eigenvalue weighted by Gasteiger charge is -2.26. The van der Waals surface area contributed by atoms with Crippen LogP contribution in [0.5, 0.6) is 0 Å². The molecule has 2 nitrogen and oxygen atoms in total. The van der Waals surface area contributed by atoms with Crippen LogP contribution in [0.4, 0.5) is 0 Å². The molecule has 12 heavy (non-hydrogen) atoms. The molecular formula is C10H17NO. The zero-order valence-corrected chi connectivity index (χ0v) is 7.69. The van der Waals surface area contributed by atoms with Crippen LogP contribution in [0.2, 0.25) is 0 Å². The van der Waals surface area contributed by atoms with Crippen LogP contribution < -0.4 is 5.32 Å². The molecule has 0 radical (unpaired) electrons. The Labute approximate surface area is 74.4 Å². The number of nitrogens with one attached hydrogen (secondary N) is 1. The van der Waals surface area contributed by atoms with Crippen molar-refractivity contribution in [3.8, 4) is 11.8 Å². The van der Waals surface area contributed by atoms with E-state index in [9.17, 15) is 5.11 Å². The first-order valence-electron chi connectivity index (χ1n) is 4.58. The van der Waals surface area contributed by atoms with Crippen LogP contribution in [0.3, 0.4) is 0 Å². The maximum absolute atomic E-state index is 9.21. The van der Waals surface area contributed by atoms with Gasteiger partial charge in [-0.1, -0.05) is 18.8 Å². The molecule has 0 aromatic carbocycles. The van der Waals surface area contributed by atoms with Gasteiger partial charge in [0.15, 0.2) is 0 Å². The molecule has 0 amide bonds. The van der Waals surface area contributed by atoms with Gasteiger partial charge in [-0.2, -0.15) is 0 Å². The Morgan fingerprint density at radius 1 is 1.42 bits per heavy atom. The Balaban J connectivity index is 2.37. The summed E-state index contributed by atoms with van der Waals surface area (Å²) in [4.78, 5) is 0. The van der Waals surface area contributed by atoms with Crippen molar-refractivity contribution in [1.29, 1.82) is 0 Å². The molecule has 0 saturated heterocycles. The molecule has 68 valence electrons. The van der Waals surface area contributed by atoms with Gasteiger partial charge in [0.2, 0.25) is 0 Å². The lowest BCUT2D eigenvalue weighted by molar-refractivity contribution is 0.169. The van der Waals surface area contributed by atoms with E-state index in [1.54, 1.807) is 0 Å². The average Bonchev–Trinajstić information content (AvgIpc) is 2.55. The van der Waals surface area contributed by atoms with Gasteiger partial charge in [-0.05, 0) is 19.8 Å². The molecule has 0 atom stereocenters. The SMILES string of the molecule is CC#CCNC1(CO)CCCC1. The van der Waals surface area contributed by atoms with Gasteiger partial charge in [-0.3, -0.25) is 5.32 Å². The molecule has 0 spiro atoms. The van der Waals surface area contributed by atoms with Gasteiger partial charge in [0.25, 0.3) is 0 Å². The molecule has 0 aromatic heterocycles. The van der Waals surface area contributed by atoms with Crippen molar-refractivity contribution in [3.05, 3.63) is 0 Å². The van der Waals surface area contributed by atoms with Gasteiger partial charge in [-0.25, -0.2) is 0 Å². The Morgan fingerprint density at radius 2 is 2.08 bits per heavy atom. The summed E-state index contributed by atoms with van der Waals surface area (Å²) in [6, 6.07) is 0. The minimum Gasteiger partial charge on any atom is -0.394 e. The van der Waals surface area contributed by atoms with Crippen molar-refractivity contribution >= 4 is 0 Å². The lowest BCUT2D eigenvalue weighted by Crippen LogP contribution is -2.46. The molecular weight excluding hydrogens is 150 g/mol. The smallest absolute Gasteiger partial charge is 0.0613 e. The van der Waals surface area contributed by atoms with Crippen molar-refractivity contribution in [2.24, 2.45) is 0 Å². The molecule has 0 bridgehead atoms. The molecule has 1 aliphatic rings. The summed E-state index contributed by atoms with van der Waals surface area (Å²) < 4.78 is 0. The first-order chi connectivity index (χ1) is 5.83. The highest BCUT2D eigenvalue weighted by atomic mass is 16.3. The molecule has 2 N–H and O–H groups in total. The Kier molecular flexibility index (Phi) is 3.58. The maximum Gasteiger partial charge on any atom is 0.0613 e. The molecule has 1 rings (SSSR count). The predicted octanol–water partition coefficient (Wildman–Crippen LogP) is 0.904. The highest BCUT2D eigenvalue weighted by Crippen LogP contribution is 2.28. The van der Waals surface area contributed by atoms with Crippen molar-refractivity contribution < 1.29 is 5.11 Å². The second-order valence-corrected chi connectivity index (χ2v) is 3.43. The summed E-state index contributed by atoms with van der Waals surface area (Å²) in [7, 11) is 0.